The zero-order chi connectivity index (χ0) is 29.3. The summed E-state index contributed by atoms with van der Waals surface area (Å²) in [5.74, 6) is 0.745. The highest BCUT2D eigenvalue weighted by molar-refractivity contribution is 9.11. The molecule has 1 aliphatic rings. The number of ether oxygens (including phenoxy) is 2. The van der Waals surface area contributed by atoms with Crippen LogP contribution in [0, 0.1) is 0 Å². The van der Waals surface area contributed by atoms with E-state index in [9.17, 15) is 9.59 Å². The third-order valence-corrected chi connectivity index (χ3v) is 8.49. The Bertz CT molecular complexity index is 1400. The van der Waals surface area contributed by atoms with Crippen LogP contribution < -0.4 is 20.1 Å². The van der Waals surface area contributed by atoms with E-state index in [0.29, 0.717) is 11.5 Å². The van der Waals surface area contributed by atoms with E-state index in [-0.39, 0.29) is 37.1 Å². The second-order valence-electron chi connectivity index (χ2n) is 10.2. The number of benzene rings is 4. The summed E-state index contributed by atoms with van der Waals surface area (Å²) in [4.78, 5) is 25.6. The summed E-state index contributed by atoms with van der Waals surface area (Å²) >= 11 is 7.12. The molecule has 1 saturated carbocycles. The molecule has 42 heavy (non-hydrogen) atoms. The summed E-state index contributed by atoms with van der Waals surface area (Å²) in [6.07, 6.45) is 3.56. The molecule has 0 aromatic heterocycles. The van der Waals surface area contributed by atoms with Gasteiger partial charge in [0.15, 0.2) is 13.2 Å². The van der Waals surface area contributed by atoms with Gasteiger partial charge in [0.05, 0.1) is 8.95 Å². The zero-order valence-electron chi connectivity index (χ0n) is 23.0. The van der Waals surface area contributed by atoms with E-state index in [1.54, 1.807) is 0 Å². The fourth-order valence-electron chi connectivity index (χ4n) is 5.12. The van der Waals surface area contributed by atoms with Gasteiger partial charge in [0.1, 0.15) is 11.5 Å². The van der Waals surface area contributed by atoms with Crippen molar-refractivity contribution in [3.63, 3.8) is 0 Å². The molecule has 5 rings (SSSR count). The number of halogens is 2. The molecule has 1 fully saturated rings. The first-order chi connectivity index (χ1) is 20.5. The molecule has 0 radical (unpaired) electrons. The number of hydrogen-bond donors (Lipinski definition) is 2. The van der Waals surface area contributed by atoms with Gasteiger partial charge in [0.2, 0.25) is 0 Å². The predicted octanol–water partition coefficient (Wildman–Crippen LogP) is 7.55. The van der Waals surface area contributed by atoms with Gasteiger partial charge < -0.3 is 20.1 Å². The third-order valence-electron chi connectivity index (χ3n) is 7.25. The molecule has 2 unspecified atom stereocenters. The number of rotatable bonds is 10. The van der Waals surface area contributed by atoms with Crippen molar-refractivity contribution < 1.29 is 19.1 Å². The lowest BCUT2D eigenvalue weighted by atomic mass is 9.90. The van der Waals surface area contributed by atoms with E-state index in [0.717, 1.165) is 56.9 Å². The Labute approximate surface area is 263 Å². The van der Waals surface area contributed by atoms with Crippen LogP contribution in [0.25, 0.3) is 22.3 Å². The highest BCUT2D eigenvalue weighted by Gasteiger charge is 2.28. The highest BCUT2D eigenvalue weighted by atomic mass is 79.9. The van der Waals surface area contributed by atoms with Crippen LogP contribution in [0.15, 0.2) is 106 Å². The Balaban J connectivity index is 1.10. The lowest BCUT2D eigenvalue weighted by Gasteiger charge is -2.32. The van der Waals surface area contributed by atoms with Crippen molar-refractivity contribution in [3.8, 4) is 33.8 Å². The van der Waals surface area contributed by atoms with E-state index in [4.69, 9.17) is 9.47 Å². The first-order valence-electron chi connectivity index (χ1n) is 14.0. The molecular formula is C34H32Br2N2O4. The highest BCUT2D eigenvalue weighted by Crippen LogP contribution is 2.32. The fourth-order valence-corrected chi connectivity index (χ4v) is 6.10. The Kier molecular flexibility index (Phi) is 10.3. The Morgan fingerprint density at radius 2 is 1.00 bits per heavy atom. The van der Waals surface area contributed by atoms with Gasteiger partial charge in [-0.3, -0.25) is 9.59 Å². The van der Waals surface area contributed by atoms with Gasteiger partial charge in [0.25, 0.3) is 11.8 Å². The van der Waals surface area contributed by atoms with Gasteiger partial charge >= 0.3 is 0 Å². The van der Waals surface area contributed by atoms with Gasteiger partial charge in [-0.25, -0.2) is 0 Å². The maximum absolute atomic E-state index is 12.8. The van der Waals surface area contributed by atoms with Crippen molar-refractivity contribution in [1.82, 2.24) is 10.6 Å². The Morgan fingerprint density at radius 3 is 1.38 bits per heavy atom. The summed E-state index contributed by atoms with van der Waals surface area (Å²) in [5, 5.41) is 6.13. The molecule has 2 atom stereocenters. The molecule has 4 aromatic carbocycles. The second kappa shape index (κ2) is 14.5. The molecule has 2 amide bonds. The van der Waals surface area contributed by atoms with Crippen molar-refractivity contribution in [2.45, 2.75) is 37.8 Å². The quantitative estimate of drug-likeness (QED) is 0.180. The van der Waals surface area contributed by atoms with Crippen LogP contribution in [-0.2, 0) is 9.59 Å². The van der Waals surface area contributed by atoms with Gasteiger partial charge in [0, 0.05) is 12.1 Å². The zero-order valence-corrected chi connectivity index (χ0v) is 26.2. The summed E-state index contributed by atoms with van der Waals surface area (Å²) in [6, 6.07) is 31.4. The van der Waals surface area contributed by atoms with E-state index < -0.39 is 0 Å². The van der Waals surface area contributed by atoms with Gasteiger partial charge in [-0.1, -0.05) is 85.6 Å². The van der Waals surface area contributed by atoms with Crippen LogP contribution >= 0.6 is 31.9 Å². The SMILES string of the molecule is O=C(COc1ccc(-c2ccccc2)cc1Br)NC1CCCCC1NC(=O)COc1ccc(-c2ccccc2)cc1Br. The molecule has 216 valence electrons. The minimum absolute atomic E-state index is 0.115. The first-order valence-corrected chi connectivity index (χ1v) is 15.6. The Morgan fingerprint density at radius 1 is 0.595 bits per heavy atom. The molecule has 0 saturated heterocycles. The molecule has 0 heterocycles. The fraction of sp³-hybridized carbons (Fsp3) is 0.235. The molecule has 8 heteroatoms. The minimum atomic E-state index is -0.223. The van der Waals surface area contributed by atoms with E-state index >= 15 is 0 Å². The minimum Gasteiger partial charge on any atom is -0.483 e. The number of carbonyl (C=O) groups excluding carboxylic acids is 2. The smallest absolute Gasteiger partial charge is 0.258 e. The summed E-state index contributed by atoms with van der Waals surface area (Å²) in [5.41, 5.74) is 4.32. The van der Waals surface area contributed by atoms with Gasteiger partial charge in [-0.15, -0.1) is 0 Å². The van der Waals surface area contributed by atoms with Crippen LogP contribution in [0.1, 0.15) is 25.7 Å². The monoisotopic (exact) mass is 690 g/mol. The van der Waals surface area contributed by atoms with Gasteiger partial charge in [-0.2, -0.15) is 0 Å². The van der Waals surface area contributed by atoms with Crippen LogP contribution in [0.4, 0.5) is 0 Å². The van der Waals surface area contributed by atoms with Crippen LogP contribution in [-0.4, -0.2) is 37.1 Å². The standard InChI is InChI=1S/C34H32Br2N2O4/c35-27-19-25(23-9-3-1-4-10-23)15-17-31(27)41-21-33(39)37-29-13-7-8-14-30(29)38-34(40)22-42-32-18-16-26(20-28(32)36)24-11-5-2-6-12-24/h1-6,9-12,15-20,29-30H,7-8,13-14,21-22H2,(H,37,39)(H,38,40). The third kappa shape index (κ3) is 8.01. The van der Waals surface area contributed by atoms with Crippen LogP contribution in [0.5, 0.6) is 11.5 Å². The van der Waals surface area contributed by atoms with E-state index in [1.165, 1.54) is 0 Å². The number of nitrogens with one attached hydrogen (secondary N) is 2. The lowest BCUT2D eigenvalue weighted by Crippen LogP contribution is -2.54. The topological polar surface area (TPSA) is 76.7 Å². The van der Waals surface area contributed by atoms with Crippen molar-refractivity contribution >= 4 is 43.7 Å². The van der Waals surface area contributed by atoms with Gasteiger partial charge in [-0.05, 0) is 91.2 Å². The molecular weight excluding hydrogens is 660 g/mol. The average Bonchev–Trinajstić information content (AvgIpc) is 3.01. The normalized spacial score (nSPS) is 16.3. The van der Waals surface area contributed by atoms with Crippen molar-refractivity contribution in [3.05, 3.63) is 106 Å². The van der Waals surface area contributed by atoms with Crippen molar-refractivity contribution in [2.24, 2.45) is 0 Å². The lowest BCUT2D eigenvalue weighted by molar-refractivity contribution is -0.127. The molecule has 0 spiro atoms. The van der Waals surface area contributed by atoms with Crippen LogP contribution in [0.2, 0.25) is 0 Å². The molecule has 2 N–H and O–H groups in total. The van der Waals surface area contributed by atoms with Crippen molar-refractivity contribution in [2.75, 3.05) is 13.2 Å². The van der Waals surface area contributed by atoms with Crippen LogP contribution in [0.3, 0.4) is 0 Å². The summed E-state index contributed by atoms with van der Waals surface area (Å²) < 4.78 is 13.2. The van der Waals surface area contributed by atoms with E-state index in [2.05, 4.69) is 42.5 Å². The molecule has 4 aromatic rings. The summed E-state index contributed by atoms with van der Waals surface area (Å²) in [7, 11) is 0. The average molecular weight is 692 g/mol. The number of hydrogen-bond acceptors (Lipinski definition) is 4. The molecule has 1 aliphatic carbocycles. The van der Waals surface area contributed by atoms with E-state index in [1.807, 2.05) is 97.1 Å². The maximum atomic E-state index is 12.8. The maximum Gasteiger partial charge on any atom is 0.258 e. The Hall–Kier alpha value is -3.62. The second-order valence-corrected chi connectivity index (χ2v) is 11.9. The number of amides is 2. The largest absolute Gasteiger partial charge is 0.483 e. The molecule has 0 aliphatic heterocycles. The summed E-state index contributed by atoms with van der Waals surface area (Å²) in [6.45, 7) is -0.229. The first kappa shape index (κ1) is 29.9. The molecule has 6 nitrogen and oxygen atoms in total. The molecule has 0 bridgehead atoms. The predicted molar refractivity (Wildman–Crippen MR) is 172 cm³/mol. The van der Waals surface area contributed by atoms with Crippen molar-refractivity contribution in [1.29, 1.82) is 0 Å². The number of carbonyl (C=O) groups is 2.